The summed E-state index contributed by atoms with van der Waals surface area (Å²) >= 11 is 5.85. The summed E-state index contributed by atoms with van der Waals surface area (Å²) in [5.74, 6) is -0.979. The molecule has 4 nitrogen and oxygen atoms in total. The number of pyridine rings is 1. The van der Waals surface area contributed by atoms with E-state index in [4.69, 9.17) is 11.6 Å². The first-order valence-corrected chi connectivity index (χ1v) is 6.46. The summed E-state index contributed by atoms with van der Waals surface area (Å²) in [6, 6.07) is 12.7. The van der Waals surface area contributed by atoms with Gasteiger partial charge in [0.2, 0.25) is 0 Å². The molecule has 100 valence electrons. The van der Waals surface area contributed by atoms with E-state index < -0.39 is 5.97 Å². The summed E-state index contributed by atoms with van der Waals surface area (Å²) in [7, 11) is 0. The van der Waals surface area contributed by atoms with E-state index in [1.54, 1.807) is 34.9 Å². The zero-order valence-corrected chi connectivity index (χ0v) is 11.2. The van der Waals surface area contributed by atoms with Crippen molar-refractivity contribution in [3.63, 3.8) is 0 Å². The van der Waals surface area contributed by atoms with Crippen molar-refractivity contribution in [2.45, 2.75) is 6.42 Å². The van der Waals surface area contributed by atoms with Gasteiger partial charge in [0.25, 0.3) is 0 Å². The van der Waals surface area contributed by atoms with Gasteiger partial charge in [-0.2, -0.15) is 0 Å². The first-order valence-electron chi connectivity index (χ1n) is 6.09. The molecule has 0 unspecified atom stereocenters. The fraction of sp³-hybridized carbons (Fsp3) is 0.0667. The molecule has 0 aliphatic heterocycles. The fourth-order valence-corrected chi connectivity index (χ4v) is 2.32. The van der Waals surface area contributed by atoms with E-state index in [9.17, 15) is 9.90 Å². The number of aromatic nitrogens is 2. The molecule has 0 atom stereocenters. The highest BCUT2D eigenvalue weighted by molar-refractivity contribution is 6.30. The number of carbonyl (C=O) groups is 1. The minimum atomic E-state index is -0.979. The Balaban J connectivity index is 2.08. The lowest BCUT2D eigenvalue weighted by atomic mass is 10.1. The lowest BCUT2D eigenvalue weighted by Gasteiger charge is -2.01. The highest BCUT2D eigenvalue weighted by Crippen LogP contribution is 2.18. The smallest absolute Gasteiger partial charge is 0.354 e. The van der Waals surface area contributed by atoms with Gasteiger partial charge in [0.15, 0.2) is 5.69 Å². The quantitative estimate of drug-likeness (QED) is 0.804. The summed E-state index contributed by atoms with van der Waals surface area (Å²) in [4.78, 5) is 15.9. The molecule has 3 aromatic rings. The van der Waals surface area contributed by atoms with Crippen LogP contribution in [0.5, 0.6) is 0 Å². The van der Waals surface area contributed by atoms with Crippen molar-refractivity contribution in [1.82, 2.24) is 9.38 Å². The zero-order valence-electron chi connectivity index (χ0n) is 10.5. The maximum Gasteiger partial charge on any atom is 0.354 e. The van der Waals surface area contributed by atoms with Crippen molar-refractivity contribution in [3.8, 4) is 0 Å². The Kier molecular flexibility index (Phi) is 3.16. The van der Waals surface area contributed by atoms with E-state index in [-0.39, 0.29) is 5.69 Å². The fourth-order valence-electron chi connectivity index (χ4n) is 2.19. The molecule has 0 saturated carbocycles. The van der Waals surface area contributed by atoms with Crippen LogP contribution in [-0.2, 0) is 6.42 Å². The molecule has 0 saturated heterocycles. The van der Waals surface area contributed by atoms with Gasteiger partial charge in [-0.15, -0.1) is 0 Å². The lowest BCUT2D eigenvalue weighted by molar-refractivity contribution is 0.0688. The van der Waals surface area contributed by atoms with E-state index in [0.717, 1.165) is 5.56 Å². The third kappa shape index (κ3) is 2.26. The lowest BCUT2D eigenvalue weighted by Crippen LogP contribution is -2.05. The van der Waals surface area contributed by atoms with Crippen molar-refractivity contribution in [2.75, 3.05) is 0 Å². The number of fused-ring (bicyclic) bond motifs is 1. The standard InChI is InChI=1S/C15H11ClN2O2/c16-11-6-4-10(5-7-11)9-12-14(15(19)20)18-8-2-1-3-13(18)17-12/h1-8H,9H2,(H,19,20). The number of halogens is 1. The van der Waals surface area contributed by atoms with Crippen LogP contribution in [0.1, 0.15) is 21.7 Å². The molecule has 0 fully saturated rings. The molecule has 1 N–H and O–H groups in total. The summed E-state index contributed by atoms with van der Waals surface area (Å²) in [6.07, 6.45) is 2.16. The second kappa shape index (κ2) is 4.98. The summed E-state index contributed by atoms with van der Waals surface area (Å²) in [5.41, 5.74) is 2.36. The van der Waals surface area contributed by atoms with Crippen LogP contribution in [0.3, 0.4) is 0 Å². The molecular formula is C15H11ClN2O2. The van der Waals surface area contributed by atoms with E-state index in [1.807, 2.05) is 18.2 Å². The number of nitrogens with zero attached hydrogens (tertiary/aromatic N) is 2. The van der Waals surface area contributed by atoms with Gasteiger partial charge in [0.1, 0.15) is 5.65 Å². The van der Waals surface area contributed by atoms with Crippen molar-refractivity contribution in [1.29, 1.82) is 0 Å². The largest absolute Gasteiger partial charge is 0.477 e. The molecule has 0 aliphatic carbocycles. The zero-order chi connectivity index (χ0) is 14.1. The molecular weight excluding hydrogens is 276 g/mol. The van der Waals surface area contributed by atoms with Gasteiger partial charge in [-0.05, 0) is 29.8 Å². The van der Waals surface area contributed by atoms with Crippen LogP contribution < -0.4 is 0 Å². The van der Waals surface area contributed by atoms with Gasteiger partial charge in [0, 0.05) is 17.6 Å². The third-order valence-electron chi connectivity index (χ3n) is 3.09. The maximum absolute atomic E-state index is 11.5. The Hall–Kier alpha value is -2.33. The Labute approximate surface area is 120 Å². The molecule has 0 spiro atoms. The molecule has 3 rings (SSSR count). The van der Waals surface area contributed by atoms with Gasteiger partial charge in [-0.25, -0.2) is 9.78 Å². The third-order valence-corrected chi connectivity index (χ3v) is 3.34. The van der Waals surface area contributed by atoms with Crippen LogP contribution in [0, 0.1) is 0 Å². The van der Waals surface area contributed by atoms with E-state index >= 15 is 0 Å². The minimum absolute atomic E-state index is 0.204. The highest BCUT2D eigenvalue weighted by Gasteiger charge is 2.18. The molecule has 2 aromatic heterocycles. The molecule has 1 aromatic carbocycles. The van der Waals surface area contributed by atoms with Gasteiger partial charge in [0.05, 0.1) is 5.69 Å². The minimum Gasteiger partial charge on any atom is -0.477 e. The highest BCUT2D eigenvalue weighted by atomic mass is 35.5. The topological polar surface area (TPSA) is 54.6 Å². The van der Waals surface area contributed by atoms with E-state index in [0.29, 0.717) is 22.8 Å². The number of aromatic carboxylic acids is 1. The molecule has 0 amide bonds. The predicted octanol–water partition coefficient (Wildman–Crippen LogP) is 3.28. The Bertz CT molecular complexity index is 778. The molecule has 0 bridgehead atoms. The normalized spacial score (nSPS) is 10.8. The second-order valence-corrected chi connectivity index (χ2v) is 4.88. The van der Waals surface area contributed by atoms with Crippen molar-refractivity contribution in [3.05, 3.63) is 70.6 Å². The van der Waals surface area contributed by atoms with E-state index in [2.05, 4.69) is 4.98 Å². The monoisotopic (exact) mass is 286 g/mol. The first-order chi connectivity index (χ1) is 9.65. The van der Waals surface area contributed by atoms with Crippen LogP contribution in [0.25, 0.3) is 5.65 Å². The molecule has 2 heterocycles. The number of hydrogen-bond donors (Lipinski definition) is 1. The maximum atomic E-state index is 11.5. The summed E-state index contributed by atoms with van der Waals surface area (Å²) in [5, 5.41) is 10.0. The van der Waals surface area contributed by atoms with Gasteiger partial charge in [-0.1, -0.05) is 29.8 Å². The Morgan fingerprint density at radius 1 is 1.20 bits per heavy atom. The number of imidazole rings is 1. The van der Waals surface area contributed by atoms with Gasteiger partial charge >= 0.3 is 5.97 Å². The van der Waals surface area contributed by atoms with E-state index in [1.165, 1.54) is 0 Å². The van der Waals surface area contributed by atoms with Crippen LogP contribution in [-0.4, -0.2) is 20.5 Å². The molecule has 0 radical (unpaired) electrons. The van der Waals surface area contributed by atoms with Crippen LogP contribution in [0.15, 0.2) is 48.7 Å². The van der Waals surface area contributed by atoms with Gasteiger partial charge in [-0.3, -0.25) is 4.40 Å². The second-order valence-electron chi connectivity index (χ2n) is 4.44. The number of carboxylic acids is 1. The number of benzene rings is 1. The van der Waals surface area contributed by atoms with Crippen molar-refractivity contribution in [2.24, 2.45) is 0 Å². The first kappa shape index (κ1) is 12.7. The number of hydrogen-bond acceptors (Lipinski definition) is 2. The summed E-state index contributed by atoms with van der Waals surface area (Å²) in [6.45, 7) is 0. The Morgan fingerprint density at radius 3 is 2.65 bits per heavy atom. The van der Waals surface area contributed by atoms with Crippen molar-refractivity contribution >= 4 is 23.2 Å². The number of rotatable bonds is 3. The SMILES string of the molecule is O=C(O)c1c(Cc2ccc(Cl)cc2)nc2ccccn12. The Morgan fingerprint density at radius 2 is 1.95 bits per heavy atom. The molecule has 5 heteroatoms. The van der Waals surface area contributed by atoms with Gasteiger partial charge < -0.3 is 5.11 Å². The molecule has 20 heavy (non-hydrogen) atoms. The average molecular weight is 287 g/mol. The van der Waals surface area contributed by atoms with Crippen molar-refractivity contribution < 1.29 is 9.90 Å². The van der Waals surface area contributed by atoms with Crippen LogP contribution in [0.4, 0.5) is 0 Å². The summed E-state index contributed by atoms with van der Waals surface area (Å²) < 4.78 is 1.59. The van der Waals surface area contributed by atoms with Crippen LogP contribution >= 0.6 is 11.6 Å². The molecule has 0 aliphatic rings. The van der Waals surface area contributed by atoms with Crippen LogP contribution in [0.2, 0.25) is 5.02 Å². The predicted molar refractivity (Wildman–Crippen MR) is 76.4 cm³/mol. The number of carboxylic acid groups (broad SMARTS) is 1. The average Bonchev–Trinajstić information content (AvgIpc) is 2.79.